The Balaban J connectivity index is 2.05. The molecule has 4 nitrogen and oxygen atoms in total. The van der Waals surface area contributed by atoms with Crippen molar-refractivity contribution in [1.29, 1.82) is 0 Å². The number of hydrogen-bond donors (Lipinski definition) is 0. The summed E-state index contributed by atoms with van der Waals surface area (Å²) in [6.07, 6.45) is 2.78. The van der Waals surface area contributed by atoms with Crippen molar-refractivity contribution >= 4 is 23.0 Å². The summed E-state index contributed by atoms with van der Waals surface area (Å²) in [4.78, 5) is 30.0. The van der Waals surface area contributed by atoms with Crippen molar-refractivity contribution in [3.63, 3.8) is 0 Å². The van der Waals surface area contributed by atoms with Gasteiger partial charge in [0.1, 0.15) is 10.7 Å². The summed E-state index contributed by atoms with van der Waals surface area (Å²) >= 11 is 1.38. The molecule has 1 fully saturated rings. The minimum atomic E-state index is 0.0318. The first-order chi connectivity index (χ1) is 8.09. The van der Waals surface area contributed by atoms with Crippen LogP contribution in [-0.4, -0.2) is 34.7 Å². The quantitative estimate of drug-likeness (QED) is 0.809. The molecule has 0 N–H and O–H groups in total. The summed E-state index contributed by atoms with van der Waals surface area (Å²) in [6.45, 7) is 1.85. The molecule has 0 saturated heterocycles. The summed E-state index contributed by atoms with van der Waals surface area (Å²) in [6, 6.07) is 0.196. The summed E-state index contributed by atoms with van der Waals surface area (Å²) in [5.41, 5.74) is 2.49. The Morgan fingerprint density at radius 2 is 2.12 bits per heavy atom. The molecule has 92 valence electrons. The van der Waals surface area contributed by atoms with Gasteiger partial charge in [-0.1, -0.05) is 0 Å². The highest BCUT2D eigenvalue weighted by molar-refractivity contribution is 7.11. The molecule has 0 spiro atoms. The van der Waals surface area contributed by atoms with Crippen molar-refractivity contribution in [3.05, 3.63) is 16.1 Å². The maximum absolute atomic E-state index is 12.2. The van der Waals surface area contributed by atoms with E-state index in [0.29, 0.717) is 23.5 Å². The van der Waals surface area contributed by atoms with Gasteiger partial charge in [-0.05, 0) is 19.8 Å². The number of thiazole rings is 1. The van der Waals surface area contributed by atoms with Gasteiger partial charge in [-0.2, -0.15) is 0 Å². The molecule has 1 aliphatic carbocycles. The number of aromatic nitrogens is 1. The van der Waals surface area contributed by atoms with E-state index in [1.807, 2.05) is 14.0 Å². The minimum Gasteiger partial charge on any atom is -0.338 e. The van der Waals surface area contributed by atoms with E-state index < -0.39 is 0 Å². The second-order valence-electron chi connectivity index (χ2n) is 4.45. The zero-order valence-electron chi connectivity index (χ0n) is 10.1. The Hall–Kier alpha value is -1.23. The molecule has 1 saturated carbocycles. The van der Waals surface area contributed by atoms with Crippen LogP contribution in [0.3, 0.4) is 0 Å². The zero-order valence-corrected chi connectivity index (χ0v) is 10.9. The van der Waals surface area contributed by atoms with E-state index in [1.54, 1.807) is 10.4 Å². The van der Waals surface area contributed by atoms with Gasteiger partial charge in [0, 0.05) is 25.9 Å². The standard InChI is InChI=1S/C12H16N2O2S/c1-8-11(17-7-13-8)12(16)14(2)9-3-5-10(15)6-4-9/h7,9H,3-6H2,1-2H3. The predicted molar refractivity (Wildman–Crippen MR) is 66.2 cm³/mol. The van der Waals surface area contributed by atoms with Crippen LogP contribution >= 0.6 is 11.3 Å². The molecule has 0 bridgehead atoms. The SMILES string of the molecule is Cc1ncsc1C(=O)N(C)C1CCC(=O)CC1. The third-order valence-corrected chi connectivity index (χ3v) is 4.24. The number of carbonyl (C=O) groups is 2. The summed E-state index contributed by atoms with van der Waals surface area (Å²) in [5.74, 6) is 0.348. The van der Waals surface area contributed by atoms with E-state index >= 15 is 0 Å². The molecule has 1 aliphatic rings. The second-order valence-corrected chi connectivity index (χ2v) is 5.31. The van der Waals surface area contributed by atoms with Crippen LogP contribution in [0.25, 0.3) is 0 Å². The summed E-state index contributed by atoms with van der Waals surface area (Å²) in [7, 11) is 1.82. The van der Waals surface area contributed by atoms with Gasteiger partial charge in [-0.15, -0.1) is 11.3 Å². The molecule has 1 aromatic rings. The van der Waals surface area contributed by atoms with E-state index in [0.717, 1.165) is 18.5 Å². The van der Waals surface area contributed by atoms with Crippen LogP contribution in [0.5, 0.6) is 0 Å². The fourth-order valence-corrected chi connectivity index (χ4v) is 2.93. The maximum atomic E-state index is 12.2. The number of aryl methyl sites for hydroxylation is 1. The molecule has 17 heavy (non-hydrogen) atoms. The van der Waals surface area contributed by atoms with Gasteiger partial charge in [0.25, 0.3) is 5.91 Å². The van der Waals surface area contributed by atoms with E-state index in [-0.39, 0.29) is 11.9 Å². The third-order valence-electron chi connectivity index (χ3n) is 3.32. The van der Waals surface area contributed by atoms with Crippen LogP contribution in [0.4, 0.5) is 0 Å². The maximum Gasteiger partial charge on any atom is 0.265 e. The topological polar surface area (TPSA) is 50.3 Å². The molecule has 0 radical (unpaired) electrons. The van der Waals surface area contributed by atoms with Crippen molar-refractivity contribution in [2.45, 2.75) is 38.6 Å². The van der Waals surface area contributed by atoms with Crippen LogP contribution in [0.1, 0.15) is 41.0 Å². The Bertz CT molecular complexity index is 431. The summed E-state index contributed by atoms with van der Waals surface area (Å²) < 4.78 is 0. The van der Waals surface area contributed by atoms with E-state index in [9.17, 15) is 9.59 Å². The fourth-order valence-electron chi connectivity index (χ4n) is 2.15. The van der Waals surface area contributed by atoms with Crippen molar-refractivity contribution in [2.75, 3.05) is 7.05 Å². The number of rotatable bonds is 2. The number of hydrogen-bond acceptors (Lipinski definition) is 4. The molecule has 1 aromatic heterocycles. The van der Waals surface area contributed by atoms with Gasteiger partial charge in [-0.25, -0.2) is 4.98 Å². The van der Waals surface area contributed by atoms with Gasteiger partial charge in [-0.3, -0.25) is 9.59 Å². The number of ketones is 1. The van der Waals surface area contributed by atoms with E-state index in [2.05, 4.69) is 4.98 Å². The molecular formula is C12H16N2O2S. The highest BCUT2D eigenvalue weighted by atomic mass is 32.1. The average molecular weight is 252 g/mol. The van der Waals surface area contributed by atoms with Crippen LogP contribution in [0, 0.1) is 6.92 Å². The van der Waals surface area contributed by atoms with Gasteiger partial charge < -0.3 is 4.90 Å². The van der Waals surface area contributed by atoms with Crippen LogP contribution < -0.4 is 0 Å². The van der Waals surface area contributed by atoms with Crippen molar-refractivity contribution in [3.8, 4) is 0 Å². The van der Waals surface area contributed by atoms with Gasteiger partial charge in [0.05, 0.1) is 11.2 Å². The Labute approximate surface area is 105 Å². The first-order valence-corrected chi connectivity index (χ1v) is 6.66. The lowest BCUT2D eigenvalue weighted by Gasteiger charge is -2.30. The van der Waals surface area contributed by atoms with Crippen LogP contribution in [0.15, 0.2) is 5.51 Å². The first-order valence-electron chi connectivity index (χ1n) is 5.78. The Morgan fingerprint density at radius 1 is 1.47 bits per heavy atom. The van der Waals surface area contributed by atoms with Gasteiger partial charge in [0.2, 0.25) is 0 Å². The Morgan fingerprint density at radius 3 is 2.65 bits per heavy atom. The van der Waals surface area contributed by atoms with E-state index in [1.165, 1.54) is 11.3 Å². The molecule has 1 amide bonds. The number of carbonyl (C=O) groups excluding carboxylic acids is 2. The molecule has 2 rings (SSSR count). The lowest BCUT2D eigenvalue weighted by atomic mass is 9.93. The lowest BCUT2D eigenvalue weighted by molar-refractivity contribution is -0.121. The third kappa shape index (κ3) is 2.54. The zero-order chi connectivity index (χ0) is 12.4. The van der Waals surface area contributed by atoms with Crippen LogP contribution in [0.2, 0.25) is 0 Å². The minimum absolute atomic E-state index is 0.0318. The molecule has 0 aromatic carbocycles. The van der Waals surface area contributed by atoms with Crippen molar-refractivity contribution in [1.82, 2.24) is 9.88 Å². The highest BCUT2D eigenvalue weighted by Gasteiger charge is 2.27. The number of amides is 1. The fraction of sp³-hybridized carbons (Fsp3) is 0.583. The molecular weight excluding hydrogens is 236 g/mol. The predicted octanol–water partition coefficient (Wildman–Crippen LogP) is 2.04. The number of nitrogens with zero attached hydrogens (tertiary/aromatic N) is 2. The number of Topliss-reactive ketones (excluding diaryl/α,β-unsaturated/α-hetero) is 1. The largest absolute Gasteiger partial charge is 0.338 e. The van der Waals surface area contributed by atoms with Gasteiger partial charge in [0.15, 0.2) is 0 Å². The van der Waals surface area contributed by atoms with Gasteiger partial charge >= 0.3 is 0 Å². The highest BCUT2D eigenvalue weighted by Crippen LogP contribution is 2.23. The van der Waals surface area contributed by atoms with Crippen LogP contribution in [-0.2, 0) is 4.79 Å². The smallest absolute Gasteiger partial charge is 0.265 e. The summed E-state index contributed by atoms with van der Waals surface area (Å²) in [5, 5.41) is 0. The average Bonchev–Trinajstić information content (AvgIpc) is 2.74. The molecule has 0 aliphatic heterocycles. The molecule has 0 atom stereocenters. The second kappa shape index (κ2) is 4.96. The van der Waals surface area contributed by atoms with E-state index in [4.69, 9.17) is 0 Å². The Kier molecular flexibility index (Phi) is 3.57. The van der Waals surface area contributed by atoms with Crippen molar-refractivity contribution in [2.24, 2.45) is 0 Å². The van der Waals surface area contributed by atoms with Crippen molar-refractivity contribution < 1.29 is 9.59 Å². The molecule has 1 heterocycles. The molecule has 0 unspecified atom stereocenters. The first kappa shape index (κ1) is 12.2. The monoisotopic (exact) mass is 252 g/mol. The lowest BCUT2D eigenvalue weighted by Crippen LogP contribution is -2.39. The normalized spacial score (nSPS) is 17.2. The molecule has 5 heteroatoms.